The Labute approximate surface area is 265 Å². The van der Waals surface area contributed by atoms with Crippen LogP contribution in [0.15, 0.2) is 49.3 Å². The molecule has 3 saturated heterocycles. The molecule has 6 rings (SSSR count). The first-order valence-corrected chi connectivity index (χ1v) is 17.7. The van der Waals surface area contributed by atoms with Gasteiger partial charge in [0.05, 0.1) is 17.9 Å². The van der Waals surface area contributed by atoms with Crippen LogP contribution in [0.4, 0.5) is 23.3 Å². The summed E-state index contributed by atoms with van der Waals surface area (Å²) in [6.07, 6.45) is 10.2. The van der Waals surface area contributed by atoms with E-state index in [9.17, 15) is 13.2 Å². The number of rotatable bonds is 9. The lowest BCUT2D eigenvalue weighted by Gasteiger charge is -2.57. The quantitative estimate of drug-likeness (QED) is 0.338. The van der Waals surface area contributed by atoms with E-state index in [1.807, 2.05) is 23.2 Å². The van der Waals surface area contributed by atoms with E-state index in [4.69, 9.17) is 14.7 Å². The number of carbonyl (C=O) groups is 1. The smallest absolute Gasteiger partial charge is 0.246 e. The number of ether oxygens (including phenoxy) is 1. The van der Waals surface area contributed by atoms with Gasteiger partial charge in [0, 0.05) is 74.5 Å². The molecule has 0 aliphatic carbocycles. The van der Waals surface area contributed by atoms with Gasteiger partial charge in [0.25, 0.3) is 0 Å². The minimum absolute atomic E-state index is 0.0268. The highest BCUT2D eigenvalue weighted by atomic mass is 32.2. The first-order chi connectivity index (χ1) is 21.5. The third-order valence-corrected chi connectivity index (χ3v) is 10.8. The molecule has 1 N–H and O–H groups in total. The second-order valence-corrected chi connectivity index (χ2v) is 15.2. The van der Waals surface area contributed by atoms with E-state index in [1.54, 1.807) is 13.3 Å². The molecule has 0 bridgehead atoms. The van der Waals surface area contributed by atoms with Crippen molar-refractivity contribution in [2.24, 2.45) is 5.92 Å². The average Bonchev–Trinajstić information content (AvgIpc) is 3.52. The number of fused-ring (bicyclic) bond motifs is 1. The second kappa shape index (κ2) is 12.2. The van der Waals surface area contributed by atoms with Crippen molar-refractivity contribution >= 4 is 49.8 Å². The fourth-order valence-corrected chi connectivity index (χ4v) is 8.37. The predicted molar refractivity (Wildman–Crippen MR) is 178 cm³/mol. The third kappa shape index (κ3) is 6.22. The van der Waals surface area contributed by atoms with Gasteiger partial charge >= 0.3 is 0 Å². The molecule has 240 valence electrons. The number of nitrogens with one attached hydrogen (secondary N) is 1. The lowest BCUT2D eigenvalue weighted by Crippen LogP contribution is -2.66. The molecule has 0 radical (unpaired) electrons. The van der Waals surface area contributed by atoms with Crippen molar-refractivity contribution in [3.05, 3.63) is 54.9 Å². The summed E-state index contributed by atoms with van der Waals surface area (Å²) >= 11 is 0. The molecule has 2 atom stereocenters. The van der Waals surface area contributed by atoms with E-state index in [-0.39, 0.29) is 35.3 Å². The topological polar surface area (TPSA) is 121 Å². The molecule has 1 aromatic carbocycles. The summed E-state index contributed by atoms with van der Waals surface area (Å²) in [5.41, 5.74) is 1.72. The van der Waals surface area contributed by atoms with Crippen LogP contribution in [0, 0.1) is 5.92 Å². The Morgan fingerprint density at radius 2 is 1.89 bits per heavy atom. The highest BCUT2D eigenvalue weighted by Crippen LogP contribution is 2.46. The number of anilines is 4. The molecule has 12 heteroatoms. The first kappa shape index (κ1) is 31.2. The van der Waals surface area contributed by atoms with Gasteiger partial charge in [-0.15, -0.1) is 0 Å². The van der Waals surface area contributed by atoms with Crippen LogP contribution in [-0.2, 0) is 19.4 Å². The summed E-state index contributed by atoms with van der Waals surface area (Å²) in [5.74, 6) is 2.07. The fourth-order valence-electron chi connectivity index (χ4n) is 7.12. The molecule has 11 nitrogen and oxygen atoms in total. The molecule has 3 aliphatic heterocycles. The van der Waals surface area contributed by atoms with Gasteiger partial charge in [0.1, 0.15) is 21.5 Å². The van der Waals surface area contributed by atoms with Crippen LogP contribution in [0.25, 0.3) is 10.8 Å². The molecule has 45 heavy (non-hydrogen) atoms. The number of pyridine rings is 1. The second-order valence-electron chi connectivity index (χ2n) is 13.0. The number of sulfone groups is 1. The lowest BCUT2D eigenvalue weighted by atomic mass is 9.77. The van der Waals surface area contributed by atoms with Gasteiger partial charge in [0.15, 0.2) is 0 Å². The Kier molecular flexibility index (Phi) is 8.47. The maximum Gasteiger partial charge on any atom is 0.246 e. The van der Waals surface area contributed by atoms with Crippen molar-refractivity contribution in [3.8, 4) is 0 Å². The largest absolute Gasteiger partial charge is 0.381 e. The standard InChI is InChI=1S/C33H43N7O4S/c1-6-31(41)39-15-7-8-27(39)24-9-10-28(40-20-22(33(40,2)3)21-45(5,42)43)26-19-35-30(18-25(24)26)36-29-11-14-34-32(37-29)38-16-12-23(44-4)13-17-38/h6,9-11,14,18-19,22-23,27H,1,7-8,12-13,15-17,20-21H2,2-5H3,(H,34,35,36,37)/t22-,27+/m1/s1. The van der Waals surface area contributed by atoms with Crippen LogP contribution in [0.3, 0.4) is 0 Å². The number of carbonyl (C=O) groups excluding carboxylic acids is 1. The van der Waals surface area contributed by atoms with Crippen molar-refractivity contribution in [2.75, 3.05) is 60.4 Å². The number of nitrogens with zero attached hydrogens (tertiary/aromatic N) is 6. The van der Waals surface area contributed by atoms with Gasteiger partial charge in [-0.2, -0.15) is 4.98 Å². The third-order valence-electron chi connectivity index (χ3n) is 9.83. The number of hydrogen-bond donors (Lipinski definition) is 1. The molecule has 3 fully saturated rings. The maximum atomic E-state index is 12.8. The van der Waals surface area contributed by atoms with Gasteiger partial charge in [-0.25, -0.2) is 18.4 Å². The van der Waals surface area contributed by atoms with Crippen LogP contribution in [0.1, 0.15) is 51.1 Å². The SMILES string of the molecule is C=CC(=O)N1CCC[C@H]1c1ccc(N2C[C@H](CS(C)(=O)=O)C2(C)C)c2cnc(Nc3ccnc(N4CCC(OC)CC4)n3)cc12. The molecular weight excluding hydrogens is 590 g/mol. The van der Waals surface area contributed by atoms with Gasteiger partial charge in [-0.3, -0.25) is 4.79 Å². The zero-order valence-corrected chi connectivity index (χ0v) is 27.4. The van der Waals surface area contributed by atoms with Crippen molar-refractivity contribution in [3.63, 3.8) is 0 Å². The summed E-state index contributed by atoms with van der Waals surface area (Å²) in [7, 11) is -1.34. The normalized spacial score (nSPS) is 22.0. The van der Waals surface area contributed by atoms with E-state index in [0.717, 1.165) is 60.8 Å². The average molecular weight is 634 g/mol. The van der Waals surface area contributed by atoms with Crippen LogP contribution < -0.4 is 15.1 Å². The Morgan fingerprint density at radius 1 is 1.11 bits per heavy atom. The number of amides is 1. The molecule has 3 aliphatic rings. The lowest BCUT2D eigenvalue weighted by molar-refractivity contribution is -0.126. The van der Waals surface area contributed by atoms with Gasteiger partial charge < -0.3 is 24.8 Å². The summed E-state index contributed by atoms with van der Waals surface area (Å²) in [6.45, 7) is 10.9. The fraction of sp³-hybridized carbons (Fsp3) is 0.515. The van der Waals surface area contributed by atoms with Crippen molar-refractivity contribution in [1.29, 1.82) is 0 Å². The molecule has 5 heterocycles. The highest BCUT2D eigenvalue weighted by molar-refractivity contribution is 7.90. The number of benzene rings is 1. The summed E-state index contributed by atoms with van der Waals surface area (Å²) in [4.78, 5) is 33.3. The number of likely N-dealkylation sites (tertiary alicyclic amines) is 1. The van der Waals surface area contributed by atoms with Crippen LogP contribution in [-0.4, -0.2) is 91.1 Å². The zero-order chi connectivity index (χ0) is 31.9. The molecular formula is C33H43N7O4S. The van der Waals surface area contributed by atoms with Gasteiger partial charge in [-0.05, 0) is 74.8 Å². The molecule has 0 spiro atoms. The van der Waals surface area contributed by atoms with Crippen molar-refractivity contribution < 1.29 is 17.9 Å². The number of aromatic nitrogens is 3. The van der Waals surface area contributed by atoms with Crippen LogP contribution >= 0.6 is 0 Å². The van der Waals surface area contributed by atoms with E-state index in [0.29, 0.717) is 30.7 Å². The Balaban J connectivity index is 1.35. The Hall–Kier alpha value is -3.77. The first-order valence-electron chi connectivity index (χ1n) is 15.7. The van der Waals surface area contributed by atoms with Crippen molar-refractivity contribution in [2.45, 2.75) is 57.2 Å². The monoisotopic (exact) mass is 633 g/mol. The predicted octanol–water partition coefficient (Wildman–Crippen LogP) is 4.49. The molecule has 2 aromatic heterocycles. The number of methoxy groups -OCH3 is 1. The maximum absolute atomic E-state index is 12.8. The van der Waals surface area contributed by atoms with Crippen molar-refractivity contribution in [1.82, 2.24) is 19.9 Å². The molecule has 0 saturated carbocycles. The van der Waals surface area contributed by atoms with E-state index >= 15 is 0 Å². The summed E-state index contributed by atoms with van der Waals surface area (Å²) in [6, 6.07) is 8.01. The van der Waals surface area contributed by atoms with E-state index < -0.39 is 9.84 Å². The minimum atomic E-state index is -3.10. The Morgan fingerprint density at radius 3 is 2.58 bits per heavy atom. The Bertz CT molecular complexity index is 1700. The van der Waals surface area contributed by atoms with E-state index in [2.05, 4.69) is 52.7 Å². The van der Waals surface area contributed by atoms with Gasteiger partial charge in [-0.1, -0.05) is 12.6 Å². The molecule has 3 aromatic rings. The minimum Gasteiger partial charge on any atom is -0.381 e. The summed E-state index contributed by atoms with van der Waals surface area (Å²) < 4.78 is 29.7. The highest BCUT2D eigenvalue weighted by Gasteiger charge is 2.48. The van der Waals surface area contributed by atoms with E-state index in [1.165, 1.54) is 12.3 Å². The number of hydrogen-bond acceptors (Lipinski definition) is 10. The zero-order valence-electron chi connectivity index (χ0n) is 26.6. The molecule has 1 amide bonds. The molecule has 0 unspecified atom stereocenters. The number of piperidine rings is 1. The summed E-state index contributed by atoms with van der Waals surface area (Å²) in [5, 5.41) is 5.35. The van der Waals surface area contributed by atoms with Crippen LogP contribution in [0.5, 0.6) is 0 Å². The van der Waals surface area contributed by atoms with Gasteiger partial charge in [0.2, 0.25) is 11.9 Å². The van der Waals surface area contributed by atoms with Crippen LogP contribution in [0.2, 0.25) is 0 Å².